The van der Waals surface area contributed by atoms with Crippen LogP contribution in [0.5, 0.6) is 0 Å². The molecule has 11 nitrogen and oxygen atoms in total. The van der Waals surface area contributed by atoms with Crippen LogP contribution in [0, 0.1) is 0 Å². The lowest BCUT2D eigenvalue weighted by atomic mass is 9.97. The first-order valence-corrected chi connectivity index (χ1v) is 15.7. The van der Waals surface area contributed by atoms with Crippen LogP contribution in [0.1, 0.15) is 19.4 Å². The molecule has 2 aliphatic rings. The van der Waals surface area contributed by atoms with Crippen molar-refractivity contribution in [1.29, 1.82) is 0 Å². The first-order valence-electron chi connectivity index (χ1n) is 11.7. The van der Waals surface area contributed by atoms with E-state index < -0.39 is 50.7 Å². The van der Waals surface area contributed by atoms with Crippen LogP contribution < -0.4 is 4.72 Å². The summed E-state index contributed by atoms with van der Waals surface area (Å²) in [5, 5.41) is 0.0992. The van der Waals surface area contributed by atoms with Gasteiger partial charge in [0, 0.05) is 36.4 Å². The van der Waals surface area contributed by atoms with Gasteiger partial charge in [0.25, 0.3) is 0 Å². The van der Waals surface area contributed by atoms with Crippen LogP contribution >= 0.6 is 23.2 Å². The molecule has 0 bridgehead atoms. The predicted octanol–water partition coefficient (Wildman–Crippen LogP) is 1.33. The zero-order chi connectivity index (χ0) is 28.0. The summed E-state index contributed by atoms with van der Waals surface area (Å²) in [5.74, 6) is -1.06. The van der Waals surface area contributed by atoms with Crippen LogP contribution in [0.3, 0.4) is 0 Å². The van der Waals surface area contributed by atoms with E-state index in [0.717, 1.165) is 10.6 Å². The fourth-order valence-corrected chi connectivity index (χ4v) is 7.80. The number of fused-ring (bicyclic) bond motifs is 1. The summed E-state index contributed by atoms with van der Waals surface area (Å²) in [5.41, 5.74) is 0.698. The maximum atomic E-state index is 14.0. The highest BCUT2D eigenvalue weighted by Crippen LogP contribution is 2.35. The van der Waals surface area contributed by atoms with Gasteiger partial charge in [-0.1, -0.05) is 23.2 Å². The van der Waals surface area contributed by atoms with Crippen molar-refractivity contribution < 1.29 is 26.4 Å². The number of benzene rings is 1. The zero-order valence-corrected chi connectivity index (χ0v) is 23.9. The number of rotatable bonds is 7. The van der Waals surface area contributed by atoms with Gasteiger partial charge >= 0.3 is 0 Å². The Morgan fingerprint density at radius 3 is 2.26 bits per heavy atom. The highest BCUT2D eigenvalue weighted by Gasteiger charge is 2.54. The molecule has 2 amide bonds. The van der Waals surface area contributed by atoms with Gasteiger partial charge in [-0.05, 0) is 49.7 Å². The first kappa shape index (κ1) is 28.7. The largest absolute Gasteiger partial charge is 0.335 e. The quantitative estimate of drug-likeness (QED) is 0.504. The van der Waals surface area contributed by atoms with Crippen molar-refractivity contribution in [3.63, 3.8) is 0 Å². The Hall–Kier alpha value is -2.29. The third kappa shape index (κ3) is 5.68. The molecule has 1 aromatic heterocycles. The zero-order valence-electron chi connectivity index (χ0n) is 20.8. The average Bonchev–Trinajstić information content (AvgIpc) is 2.81. The molecule has 3 heterocycles. The summed E-state index contributed by atoms with van der Waals surface area (Å²) < 4.78 is 55.5. The summed E-state index contributed by atoms with van der Waals surface area (Å²) in [7, 11) is -8.31. The Balaban J connectivity index is 1.87. The van der Waals surface area contributed by atoms with Gasteiger partial charge in [-0.25, -0.2) is 21.6 Å². The van der Waals surface area contributed by atoms with Gasteiger partial charge in [-0.2, -0.15) is 4.31 Å². The highest BCUT2D eigenvalue weighted by atomic mass is 35.5. The van der Waals surface area contributed by atoms with Crippen molar-refractivity contribution >= 4 is 55.1 Å². The molecule has 3 atom stereocenters. The van der Waals surface area contributed by atoms with Crippen LogP contribution in [0.2, 0.25) is 10.0 Å². The maximum absolute atomic E-state index is 14.0. The van der Waals surface area contributed by atoms with Crippen LogP contribution in [-0.4, -0.2) is 91.4 Å². The number of sulfonamides is 2. The standard InChI is InChI=1S/C23H27Cl2N5O6S2/c1-14(2)28-13-21-29(38(35,36)20-5-4-16(24)11-17(20)25)12-18(27-37(3,33)34)22(31)30(21)19(23(28)32)10-15-6-8-26-9-7-15/h4-9,11,14,18-19,21,27H,10,12-13H2,1-3H3. The number of halogens is 2. The number of hydrogen-bond acceptors (Lipinski definition) is 7. The Morgan fingerprint density at radius 2 is 1.68 bits per heavy atom. The summed E-state index contributed by atoms with van der Waals surface area (Å²) in [6.45, 7) is 3.00. The minimum absolute atomic E-state index is 0.0774. The number of piperazine rings is 1. The molecule has 0 radical (unpaired) electrons. The molecule has 2 aromatic rings. The molecule has 2 aliphatic heterocycles. The lowest BCUT2D eigenvalue weighted by Gasteiger charge is -2.54. The number of aromatic nitrogens is 1. The Kier molecular flexibility index (Phi) is 8.09. The number of pyridine rings is 1. The van der Waals surface area contributed by atoms with Crippen molar-refractivity contribution in [3.8, 4) is 0 Å². The van der Waals surface area contributed by atoms with E-state index in [0.29, 0.717) is 5.56 Å². The van der Waals surface area contributed by atoms with Crippen LogP contribution in [-0.2, 0) is 36.1 Å². The van der Waals surface area contributed by atoms with E-state index >= 15 is 0 Å². The molecule has 0 aliphatic carbocycles. The predicted molar refractivity (Wildman–Crippen MR) is 141 cm³/mol. The maximum Gasteiger partial charge on any atom is 0.246 e. The Labute approximate surface area is 231 Å². The topological polar surface area (TPSA) is 137 Å². The molecule has 3 unspecified atom stereocenters. The molecule has 0 saturated carbocycles. The molecule has 2 fully saturated rings. The monoisotopic (exact) mass is 603 g/mol. The minimum atomic E-state index is -4.39. The van der Waals surface area contributed by atoms with Crippen LogP contribution in [0.4, 0.5) is 0 Å². The van der Waals surface area contributed by atoms with Gasteiger partial charge in [0.05, 0.1) is 17.8 Å². The van der Waals surface area contributed by atoms with Crippen LogP contribution in [0.25, 0.3) is 0 Å². The Bertz CT molecular complexity index is 1460. The number of hydrogen-bond donors (Lipinski definition) is 1. The third-order valence-corrected chi connectivity index (χ3v) is 9.77. The van der Waals surface area contributed by atoms with E-state index in [1.54, 1.807) is 38.4 Å². The lowest BCUT2D eigenvalue weighted by molar-refractivity contribution is -0.168. The summed E-state index contributed by atoms with van der Waals surface area (Å²) in [4.78, 5) is 33.8. The van der Waals surface area contributed by atoms with Crippen LogP contribution in [0.15, 0.2) is 47.6 Å². The fraction of sp³-hybridized carbons (Fsp3) is 0.435. The normalized spacial score (nSPS) is 23.2. The highest BCUT2D eigenvalue weighted by molar-refractivity contribution is 7.89. The number of carbonyl (C=O) groups excluding carboxylic acids is 2. The van der Waals surface area contributed by atoms with Crippen molar-refractivity contribution in [2.45, 2.75) is 49.5 Å². The molecule has 0 spiro atoms. The Morgan fingerprint density at radius 1 is 1.03 bits per heavy atom. The number of nitrogens with zero attached hydrogens (tertiary/aromatic N) is 4. The molecule has 1 aromatic carbocycles. The van der Waals surface area contributed by atoms with Crippen molar-refractivity contribution in [1.82, 2.24) is 23.8 Å². The number of nitrogens with one attached hydrogen (secondary N) is 1. The lowest BCUT2D eigenvalue weighted by Crippen LogP contribution is -2.76. The molecular weight excluding hydrogens is 577 g/mol. The molecule has 38 heavy (non-hydrogen) atoms. The van der Waals surface area contributed by atoms with E-state index in [1.807, 2.05) is 0 Å². The van der Waals surface area contributed by atoms with Crippen molar-refractivity contribution in [2.24, 2.45) is 0 Å². The van der Waals surface area contributed by atoms with Gasteiger partial charge in [-0.15, -0.1) is 0 Å². The molecule has 2 saturated heterocycles. The van der Waals surface area contributed by atoms with Gasteiger partial charge in [0.2, 0.25) is 31.9 Å². The molecular formula is C23H27Cl2N5O6S2. The molecule has 15 heteroatoms. The van der Waals surface area contributed by atoms with Crippen molar-refractivity contribution in [3.05, 3.63) is 58.3 Å². The van der Waals surface area contributed by atoms with Gasteiger partial charge in [-0.3, -0.25) is 14.6 Å². The first-order chi connectivity index (χ1) is 17.7. The second kappa shape index (κ2) is 10.7. The second-order valence-corrected chi connectivity index (χ2v) is 14.0. The third-order valence-electron chi connectivity index (χ3n) is 6.47. The second-order valence-electron chi connectivity index (χ2n) is 9.48. The summed E-state index contributed by atoms with van der Waals surface area (Å²) >= 11 is 12.2. The van der Waals surface area contributed by atoms with E-state index in [1.165, 1.54) is 28.0 Å². The summed E-state index contributed by atoms with van der Waals surface area (Å²) in [6.07, 6.45) is 2.94. The smallest absolute Gasteiger partial charge is 0.246 e. The fourth-order valence-electron chi connectivity index (χ4n) is 4.77. The SMILES string of the molecule is CC(C)N1CC2N(C(=O)C(NS(C)(=O)=O)CN2S(=O)(=O)c2ccc(Cl)cc2Cl)C(Cc2ccncc2)C1=O. The van der Waals surface area contributed by atoms with Gasteiger partial charge < -0.3 is 9.80 Å². The number of carbonyl (C=O) groups is 2. The molecule has 1 N–H and O–H groups in total. The minimum Gasteiger partial charge on any atom is -0.335 e. The van der Waals surface area contributed by atoms with Gasteiger partial charge in [0.15, 0.2) is 0 Å². The van der Waals surface area contributed by atoms with E-state index in [9.17, 15) is 26.4 Å². The van der Waals surface area contributed by atoms with E-state index in [-0.39, 0.29) is 39.9 Å². The van der Waals surface area contributed by atoms with Gasteiger partial charge in [0.1, 0.15) is 23.1 Å². The summed E-state index contributed by atoms with van der Waals surface area (Å²) in [6, 6.07) is 4.45. The van der Waals surface area contributed by atoms with E-state index in [2.05, 4.69) is 9.71 Å². The average molecular weight is 605 g/mol. The molecule has 4 rings (SSSR count). The van der Waals surface area contributed by atoms with E-state index in [4.69, 9.17) is 23.2 Å². The molecule has 206 valence electrons. The number of amides is 2. The van der Waals surface area contributed by atoms with Crippen molar-refractivity contribution in [2.75, 3.05) is 19.3 Å².